The molecule has 0 spiro atoms. The topological polar surface area (TPSA) is 107 Å². The van der Waals surface area contributed by atoms with E-state index in [9.17, 15) is 14.7 Å². The van der Waals surface area contributed by atoms with E-state index in [4.69, 9.17) is 10.2 Å². The maximum atomic E-state index is 11.9. The molecule has 1 aromatic carbocycles. The fourth-order valence-electron chi connectivity index (χ4n) is 1.53. The first-order chi connectivity index (χ1) is 8.62. The van der Waals surface area contributed by atoms with E-state index in [0.29, 0.717) is 0 Å². The number of carbonyl (C=O) groups excluding carboxylic acids is 1. The van der Waals surface area contributed by atoms with Crippen molar-refractivity contribution in [1.82, 2.24) is 5.32 Å². The van der Waals surface area contributed by atoms with Crippen LogP contribution in [0.15, 0.2) is 18.2 Å². The summed E-state index contributed by atoms with van der Waals surface area (Å²) in [6, 6.07) is 2.48. The van der Waals surface area contributed by atoms with Crippen molar-refractivity contribution in [2.24, 2.45) is 5.41 Å². The lowest BCUT2D eigenvalue weighted by Crippen LogP contribution is -2.49. The van der Waals surface area contributed by atoms with E-state index < -0.39 is 29.1 Å². The third kappa shape index (κ3) is 3.61. The van der Waals surface area contributed by atoms with E-state index >= 15 is 0 Å². The lowest BCUT2D eigenvalue weighted by Gasteiger charge is -2.27. The second kappa shape index (κ2) is 5.17. The summed E-state index contributed by atoms with van der Waals surface area (Å²) >= 11 is 0. The predicted molar refractivity (Wildman–Crippen MR) is 68.1 cm³/mol. The number of nitrogens with one attached hydrogen (secondary N) is 1. The van der Waals surface area contributed by atoms with Gasteiger partial charge in [-0.15, -0.1) is 0 Å². The fourth-order valence-corrected chi connectivity index (χ4v) is 1.53. The minimum Gasteiger partial charge on any atom is -0.504 e. The molecule has 0 aliphatic carbocycles. The smallest absolute Gasteiger partial charge is 0.326 e. The highest BCUT2D eigenvalue weighted by Gasteiger charge is 2.32. The summed E-state index contributed by atoms with van der Waals surface area (Å²) in [6.45, 7) is 5.08. The molecule has 0 heterocycles. The first-order valence-corrected chi connectivity index (χ1v) is 5.68. The Kier molecular flexibility index (Phi) is 4.04. The third-order valence-electron chi connectivity index (χ3n) is 2.63. The van der Waals surface area contributed by atoms with Gasteiger partial charge in [0.15, 0.2) is 11.5 Å². The molecule has 19 heavy (non-hydrogen) atoms. The molecule has 6 nitrogen and oxygen atoms in total. The summed E-state index contributed by atoms with van der Waals surface area (Å²) < 4.78 is 0. The van der Waals surface area contributed by atoms with Crippen LogP contribution in [0.1, 0.15) is 31.1 Å². The van der Waals surface area contributed by atoms with Crippen molar-refractivity contribution in [2.75, 3.05) is 0 Å². The maximum absolute atomic E-state index is 11.9. The van der Waals surface area contributed by atoms with Crippen LogP contribution in [0.2, 0.25) is 0 Å². The van der Waals surface area contributed by atoms with Gasteiger partial charge in [-0.25, -0.2) is 4.79 Å². The van der Waals surface area contributed by atoms with Gasteiger partial charge in [0.05, 0.1) is 0 Å². The summed E-state index contributed by atoms with van der Waals surface area (Å²) in [5, 5.41) is 29.9. The molecule has 0 saturated heterocycles. The molecule has 0 bridgehead atoms. The van der Waals surface area contributed by atoms with Crippen LogP contribution < -0.4 is 5.32 Å². The second-order valence-electron chi connectivity index (χ2n) is 5.31. The molecule has 1 amide bonds. The molecule has 0 aromatic heterocycles. The van der Waals surface area contributed by atoms with E-state index in [-0.39, 0.29) is 11.3 Å². The largest absolute Gasteiger partial charge is 0.504 e. The van der Waals surface area contributed by atoms with Crippen LogP contribution in [0, 0.1) is 5.41 Å². The number of benzene rings is 1. The molecular weight excluding hydrogens is 250 g/mol. The Morgan fingerprint density at radius 3 is 2.16 bits per heavy atom. The average molecular weight is 267 g/mol. The Labute approximate surface area is 110 Å². The second-order valence-corrected chi connectivity index (χ2v) is 5.31. The Balaban J connectivity index is 2.94. The van der Waals surface area contributed by atoms with E-state index in [1.165, 1.54) is 6.07 Å². The summed E-state index contributed by atoms with van der Waals surface area (Å²) in [6.07, 6.45) is 0. The number of carboxylic acid groups (broad SMARTS) is 1. The SMILES string of the molecule is CC(C)(C)[C@@H](NC(=O)c1ccc(O)c(O)c1)C(=O)O. The third-order valence-corrected chi connectivity index (χ3v) is 2.63. The number of carbonyl (C=O) groups is 2. The van der Waals surface area contributed by atoms with Gasteiger partial charge < -0.3 is 20.6 Å². The van der Waals surface area contributed by atoms with Gasteiger partial charge >= 0.3 is 5.97 Å². The number of phenols is 2. The normalized spacial score (nSPS) is 12.8. The Bertz CT molecular complexity index is 504. The van der Waals surface area contributed by atoms with Crippen molar-refractivity contribution in [3.8, 4) is 11.5 Å². The van der Waals surface area contributed by atoms with Crippen LogP contribution in [0.5, 0.6) is 11.5 Å². The quantitative estimate of drug-likeness (QED) is 0.618. The summed E-state index contributed by atoms with van der Waals surface area (Å²) in [7, 11) is 0. The van der Waals surface area contributed by atoms with Crippen molar-refractivity contribution in [2.45, 2.75) is 26.8 Å². The zero-order chi connectivity index (χ0) is 14.8. The number of aromatic hydroxyl groups is 2. The number of rotatable bonds is 3. The first-order valence-electron chi connectivity index (χ1n) is 5.68. The summed E-state index contributed by atoms with van der Waals surface area (Å²) in [5.41, 5.74) is -0.578. The minimum atomic E-state index is -1.14. The zero-order valence-corrected chi connectivity index (χ0v) is 11.0. The molecule has 0 radical (unpaired) electrons. The Morgan fingerprint density at radius 1 is 1.16 bits per heavy atom. The highest BCUT2D eigenvalue weighted by Crippen LogP contribution is 2.25. The molecule has 104 valence electrons. The van der Waals surface area contributed by atoms with Gasteiger partial charge in [-0.2, -0.15) is 0 Å². The lowest BCUT2D eigenvalue weighted by atomic mass is 9.86. The number of amides is 1. The van der Waals surface area contributed by atoms with E-state index in [1.54, 1.807) is 20.8 Å². The van der Waals surface area contributed by atoms with Crippen LogP contribution in [0.4, 0.5) is 0 Å². The van der Waals surface area contributed by atoms with Crippen molar-refractivity contribution >= 4 is 11.9 Å². The van der Waals surface area contributed by atoms with Gasteiger partial charge in [-0.1, -0.05) is 20.8 Å². The predicted octanol–water partition coefficient (Wildman–Crippen LogP) is 1.33. The van der Waals surface area contributed by atoms with Gasteiger partial charge in [-0.05, 0) is 23.6 Å². The van der Waals surface area contributed by atoms with Gasteiger partial charge in [0.1, 0.15) is 6.04 Å². The fraction of sp³-hybridized carbons (Fsp3) is 0.385. The summed E-state index contributed by atoms with van der Waals surface area (Å²) in [5.74, 6) is -2.54. The van der Waals surface area contributed by atoms with Crippen LogP contribution in [0.25, 0.3) is 0 Å². The molecule has 0 unspecified atom stereocenters. The van der Waals surface area contributed by atoms with E-state index in [1.807, 2.05) is 0 Å². The lowest BCUT2D eigenvalue weighted by molar-refractivity contribution is -0.142. The Hall–Kier alpha value is -2.24. The Morgan fingerprint density at radius 2 is 1.74 bits per heavy atom. The molecule has 1 aromatic rings. The van der Waals surface area contributed by atoms with Gasteiger partial charge in [0.25, 0.3) is 5.91 Å². The van der Waals surface area contributed by atoms with Gasteiger partial charge in [0.2, 0.25) is 0 Å². The standard InChI is InChI=1S/C13H17NO5/c1-13(2,3)10(12(18)19)14-11(17)7-4-5-8(15)9(16)6-7/h4-6,10,15-16H,1-3H3,(H,14,17)(H,18,19)/t10-/m0/s1. The van der Waals surface area contributed by atoms with Crippen molar-refractivity contribution in [3.63, 3.8) is 0 Å². The average Bonchev–Trinajstić information content (AvgIpc) is 2.27. The van der Waals surface area contributed by atoms with Crippen molar-refractivity contribution < 1.29 is 24.9 Å². The van der Waals surface area contributed by atoms with E-state index in [0.717, 1.165) is 12.1 Å². The van der Waals surface area contributed by atoms with Crippen molar-refractivity contribution in [1.29, 1.82) is 0 Å². The van der Waals surface area contributed by atoms with Crippen LogP contribution in [-0.4, -0.2) is 33.2 Å². The zero-order valence-electron chi connectivity index (χ0n) is 11.0. The molecule has 0 aliphatic heterocycles. The van der Waals surface area contributed by atoms with Crippen molar-refractivity contribution in [3.05, 3.63) is 23.8 Å². The van der Waals surface area contributed by atoms with Gasteiger partial charge in [-0.3, -0.25) is 4.79 Å². The minimum absolute atomic E-state index is 0.0748. The molecule has 0 fully saturated rings. The molecule has 1 atom stereocenters. The van der Waals surface area contributed by atoms with Gasteiger partial charge in [0, 0.05) is 5.56 Å². The van der Waals surface area contributed by atoms with Crippen LogP contribution >= 0.6 is 0 Å². The van der Waals surface area contributed by atoms with E-state index in [2.05, 4.69) is 5.32 Å². The number of aliphatic carboxylic acids is 1. The van der Waals surface area contributed by atoms with Crippen LogP contribution in [0.3, 0.4) is 0 Å². The summed E-state index contributed by atoms with van der Waals surface area (Å²) in [4.78, 5) is 23.0. The van der Waals surface area contributed by atoms with Crippen LogP contribution in [-0.2, 0) is 4.79 Å². The number of hydrogen-bond donors (Lipinski definition) is 4. The molecule has 1 rings (SSSR count). The number of phenolic OH excluding ortho intramolecular Hbond substituents is 2. The molecule has 4 N–H and O–H groups in total. The molecule has 0 saturated carbocycles. The first kappa shape index (κ1) is 14.8. The monoisotopic (exact) mass is 267 g/mol. The number of hydrogen-bond acceptors (Lipinski definition) is 4. The molecule has 0 aliphatic rings. The highest BCUT2D eigenvalue weighted by molar-refractivity contribution is 5.97. The molecule has 6 heteroatoms. The number of carboxylic acids is 1. The molecular formula is C13H17NO5. The highest BCUT2D eigenvalue weighted by atomic mass is 16.4. The maximum Gasteiger partial charge on any atom is 0.326 e.